The molecule has 0 bridgehead atoms. The highest BCUT2D eigenvalue weighted by Crippen LogP contribution is 2.33. The molecule has 0 spiro atoms. The van der Waals surface area contributed by atoms with E-state index in [2.05, 4.69) is 53.6 Å². The van der Waals surface area contributed by atoms with Crippen LogP contribution < -0.4 is 0 Å². The van der Waals surface area contributed by atoms with Crippen molar-refractivity contribution >= 4 is 50.9 Å². The molecule has 4 rings (SSSR count). The maximum Gasteiger partial charge on any atom is 0.283 e. The van der Waals surface area contributed by atoms with E-state index < -0.39 is 5.91 Å². The van der Waals surface area contributed by atoms with E-state index in [4.69, 9.17) is 5.41 Å². The maximum atomic E-state index is 12.7. The molecule has 0 saturated heterocycles. The van der Waals surface area contributed by atoms with Gasteiger partial charge in [-0.25, -0.2) is 0 Å². The smallest absolute Gasteiger partial charge is 0.283 e. The van der Waals surface area contributed by atoms with Crippen molar-refractivity contribution in [2.45, 2.75) is 34.6 Å². The molecule has 0 radical (unpaired) electrons. The number of benzene rings is 1. The van der Waals surface area contributed by atoms with Crippen molar-refractivity contribution in [2.24, 2.45) is 10.1 Å². The van der Waals surface area contributed by atoms with Crippen LogP contribution in [0.5, 0.6) is 0 Å². The SMILES string of the molecule is CCSC1=NN2C(=N)/C(=C\c3cc(C)n(-c4c(C)cccc4C)c3C)C(=O)N=C2S1. The van der Waals surface area contributed by atoms with Crippen LogP contribution in [0, 0.1) is 33.1 Å². The van der Waals surface area contributed by atoms with E-state index in [0.29, 0.717) is 5.17 Å². The van der Waals surface area contributed by atoms with Gasteiger partial charge in [0.05, 0.1) is 11.3 Å². The van der Waals surface area contributed by atoms with Gasteiger partial charge in [-0.15, -0.1) is 5.10 Å². The number of nitrogens with zero attached hydrogens (tertiary/aromatic N) is 4. The van der Waals surface area contributed by atoms with Gasteiger partial charge >= 0.3 is 0 Å². The van der Waals surface area contributed by atoms with Gasteiger partial charge < -0.3 is 4.57 Å². The second-order valence-electron chi connectivity index (χ2n) is 7.22. The fourth-order valence-electron chi connectivity index (χ4n) is 3.75. The molecule has 0 saturated carbocycles. The molecule has 2 aliphatic rings. The molecule has 6 nitrogen and oxygen atoms in total. The van der Waals surface area contributed by atoms with Crippen molar-refractivity contribution in [1.29, 1.82) is 5.41 Å². The number of hydrogen-bond donors (Lipinski definition) is 1. The van der Waals surface area contributed by atoms with E-state index in [-0.39, 0.29) is 11.4 Å². The number of amidine groups is 2. The molecule has 3 heterocycles. The first-order valence-corrected chi connectivity index (χ1v) is 11.5. The van der Waals surface area contributed by atoms with Gasteiger partial charge in [0.2, 0.25) is 5.17 Å². The minimum Gasteiger partial charge on any atom is -0.317 e. The van der Waals surface area contributed by atoms with Crippen LogP contribution in [0.4, 0.5) is 0 Å². The Hall–Kier alpha value is -2.58. The molecule has 1 amide bonds. The van der Waals surface area contributed by atoms with E-state index in [0.717, 1.165) is 32.8 Å². The first-order chi connectivity index (χ1) is 14.3. The normalized spacial score (nSPS) is 17.5. The van der Waals surface area contributed by atoms with Gasteiger partial charge in [0, 0.05) is 11.4 Å². The zero-order chi connectivity index (χ0) is 21.6. The van der Waals surface area contributed by atoms with Crippen LogP contribution >= 0.6 is 23.5 Å². The summed E-state index contributed by atoms with van der Waals surface area (Å²) in [6, 6.07) is 8.31. The van der Waals surface area contributed by atoms with Crippen LogP contribution in [-0.4, -0.2) is 36.6 Å². The molecule has 2 aromatic rings. The van der Waals surface area contributed by atoms with Crippen LogP contribution in [0.25, 0.3) is 11.8 Å². The third-order valence-electron chi connectivity index (χ3n) is 5.14. The van der Waals surface area contributed by atoms with E-state index in [1.165, 1.54) is 27.9 Å². The average Bonchev–Trinajstić information content (AvgIpc) is 3.20. The highest BCUT2D eigenvalue weighted by atomic mass is 32.2. The zero-order valence-electron chi connectivity index (χ0n) is 17.6. The first kappa shape index (κ1) is 20.7. The largest absolute Gasteiger partial charge is 0.317 e. The van der Waals surface area contributed by atoms with Crippen molar-refractivity contribution < 1.29 is 4.79 Å². The minimum absolute atomic E-state index is 0.0704. The lowest BCUT2D eigenvalue weighted by molar-refractivity contribution is -0.114. The average molecular weight is 438 g/mol. The fraction of sp³-hybridized carbons (Fsp3) is 0.273. The Morgan fingerprint density at radius 1 is 1.20 bits per heavy atom. The number of aromatic nitrogens is 1. The number of aryl methyl sites for hydroxylation is 3. The standard InChI is InChI=1S/C22H23N5OS2/c1-6-29-22-25-27-19(23)17(20(28)24-21(27)30-22)11-16-10-14(4)26(15(16)5)18-12(2)8-7-9-13(18)3/h7-11,23H,6H2,1-5H3/b17-11+,23-19?. The van der Waals surface area contributed by atoms with Crippen LogP contribution in [0.15, 0.2) is 39.9 Å². The minimum atomic E-state index is -0.395. The van der Waals surface area contributed by atoms with Gasteiger partial charge in [-0.05, 0) is 74.0 Å². The lowest BCUT2D eigenvalue weighted by Gasteiger charge is -2.20. The molecule has 1 aromatic heterocycles. The molecule has 0 atom stereocenters. The number of aliphatic imine (C=N–C) groups is 1. The third-order valence-corrected chi connectivity index (χ3v) is 7.06. The van der Waals surface area contributed by atoms with Gasteiger partial charge in [-0.1, -0.05) is 36.9 Å². The summed E-state index contributed by atoms with van der Waals surface area (Å²) in [4.78, 5) is 16.9. The molecule has 1 aromatic carbocycles. The summed E-state index contributed by atoms with van der Waals surface area (Å²) in [5.41, 5.74) is 6.80. The van der Waals surface area contributed by atoms with E-state index >= 15 is 0 Å². The summed E-state index contributed by atoms with van der Waals surface area (Å²) in [6.07, 6.45) is 1.77. The Labute approximate surface area is 184 Å². The van der Waals surface area contributed by atoms with Gasteiger partial charge in [0.1, 0.15) is 0 Å². The number of hydrogen-bond acceptors (Lipinski definition) is 5. The Balaban J connectivity index is 1.77. The highest BCUT2D eigenvalue weighted by Gasteiger charge is 2.35. The second-order valence-corrected chi connectivity index (χ2v) is 9.69. The van der Waals surface area contributed by atoms with Crippen molar-refractivity contribution in [3.8, 4) is 5.69 Å². The van der Waals surface area contributed by atoms with E-state index in [9.17, 15) is 4.79 Å². The van der Waals surface area contributed by atoms with Crippen molar-refractivity contribution in [3.63, 3.8) is 0 Å². The summed E-state index contributed by atoms with van der Waals surface area (Å²) < 4.78 is 3.02. The van der Waals surface area contributed by atoms with Crippen LogP contribution in [-0.2, 0) is 4.79 Å². The van der Waals surface area contributed by atoms with Gasteiger partial charge in [-0.2, -0.15) is 10.0 Å². The van der Waals surface area contributed by atoms with Crippen LogP contribution in [0.1, 0.15) is 35.0 Å². The number of para-hydroxylation sites is 1. The van der Waals surface area contributed by atoms with Crippen LogP contribution in [0.3, 0.4) is 0 Å². The van der Waals surface area contributed by atoms with Gasteiger partial charge in [0.15, 0.2) is 10.2 Å². The van der Waals surface area contributed by atoms with Gasteiger partial charge in [-0.3, -0.25) is 10.2 Å². The van der Waals surface area contributed by atoms with E-state index in [1.54, 1.807) is 17.8 Å². The molecule has 1 N–H and O–H groups in total. The molecule has 0 fully saturated rings. The second kappa shape index (κ2) is 7.92. The van der Waals surface area contributed by atoms with Crippen molar-refractivity contribution in [2.75, 3.05) is 5.75 Å². The quantitative estimate of drug-likeness (QED) is 0.683. The first-order valence-electron chi connectivity index (χ1n) is 9.70. The fourth-order valence-corrected chi connectivity index (χ4v) is 5.57. The zero-order valence-corrected chi connectivity index (χ0v) is 19.2. The molecule has 8 heteroatoms. The lowest BCUT2D eigenvalue weighted by atomic mass is 10.1. The lowest BCUT2D eigenvalue weighted by Crippen LogP contribution is -2.35. The van der Waals surface area contributed by atoms with E-state index in [1.807, 2.05) is 19.9 Å². The monoisotopic (exact) mass is 437 g/mol. The number of amides is 1. The Morgan fingerprint density at radius 3 is 2.57 bits per heavy atom. The molecule has 0 unspecified atom stereocenters. The molecule has 2 aliphatic heterocycles. The topological polar surface area (TPSA) is 73.8 Å². The molecule has 0 aliphatic carbocycles. The Morgan fingerprint density at radius 2 is 1.90 bits per heavy atom. The third kappa shape index (κ3) is 3.44. The molecular formula is C22H23N5OS2. The Kier molecular flexibility index (Phi) is 5.46. The summed E-state index contributed by atoms with van der Waals surface area (Å²) in [7, 11) is 0. The molecule has 30 heavy (non-hydrogen) atoms. The molecule has 154 valence electrons. The van der Waals surface area contributed by atoms with Crippen molar-refractivity contribution in [1.82, 2.24) is 9.58 Å². The number of carbonyl (C=O) groups excluding carboxylic acids is 1. The highest BCUT2D eigenvalue weighted by molar-refractivity contribution is 8.45. The number of rotatable bonds is 3. The Bertz CT molecular complexity index is 1150. The van der Waals surface area contributed by atoms with Crippen LogP contribution in [0.2, 0.25) is 0 Å². The molecular weight excluding hydrogens is 414 g/mol. The summed E-state index contributed by atoms with van der Waals surface area (Å²) in [6.45, 7) is 10.3. The maximum absolute atomic E-state index is 12.7. The summed E-state index contributed by atoms with van der Waals surface area (Å²) >= 11 is 2.92. The number of thioether (sulfide) groups is 2. The number of hydrazone groups is 1. The number of fused-ring (bicyclic) bond motifs is 1. The van der Waals surface area contributed by atoms with Crippen molar-refractivity contribution in [3.05, 3.63) is 57.9 Å². The number of nitrogens with one attached hydrogen (secondary N) is 1. The predicted molar refractivity (Wildman–Crippen MR) is 128 cm³/mol. The number of carbonyl (C=O) groups is 1. The summed E-state index contributed by atoms with van der Waals surface area (Å²) in [5.74, 6) is 0.552. The van der Waals surface area contributed by atoms with Gasteiger partial charge in [0.25, 0.3) is 5.91 Å². The summed E-state index contributed by atoms with van der Waals surface area (Å²) in [5, 5.41) is 14.9. The predicted octanol–water partition coefficient (Wildman–Crippen LogP) is 5.04.